The molecule has 2 amide bonds. The topological polar surface area (TPSA) is 63.7 Å². The number of carbonyl (C=O) groups excluding carboxylic acids is 3. The van der Waals surface area contributed by atoms with Crippen LogP contribution < -0.4 is 0 Å². The largest absolute Gasteiger partial charge is 0.451 e. The van der Waals surface area contributed by atoms with E-state index >= 15 is 0 Å². The third kappa shape index (κ3) is 3.38. The third-order valence-corrected chi connectivity index (χ3v) is 4.81. The number of amides is 2. The van der Waals surface area contributed by atoms with Gasteiger partial charge in [-0.3, -0.25) is 14.5 Å². The first-order valence-corrected chi connectivity index (χ1v) is 8.59. The normalized spacial score (nSPS) is 14.0. The molecule has 6 heteroatoms. The second-order valence-electron chi connectivity index (χ2n) is 5.65. The fourth-order valence-corrected chi connectivity index (χ4v) is 3.42. The van der Waals surface area contributed by atoms with Crippen molar-refractivity contribution in [2.45, 2.75) is 19.8 Å². The van der Waals surface area contributed by atoms with Crippen LogP contribution in [0.2, 0.25) is 0 Å². The van der Waals surface area contributed by atoms with Gasteiger partial charge in [-0.25, -0.2) is 4.79 Å². The number of hydrogen-bond acceptors (Lipinski definition) is 5. The number of benzene rings is 1. The van der Waals surface area contributed by atoms with E-state index in [-0.39, 0.29) is 5.91 Å². The Hall–Kier alpha value is -2.47. The molecule has 1 aromatic heterocycles. The standard InChI is InChI=1S/C18H17NO4S/c1-12-4-6-13(7-5-12)14-8-10-24-17(14)18(22)23-11-16(21)19-9-2-3-15(19)20/h4-8,10H,2-3,9,11H2,1H3. The molecule has 5 nitrogen and oxygen atoms in total. The SMILES string of the molecule is Cc1ccc(-c2ccsc2C(=O)OCC(=O)N2CCCC2=O)cc1. The van der Waals surface area contributed by atoms with Crippen LogP contribution in [-0.2, 0) is 14.3 Å². The van der Waals surface area contributed by atoms with Gasteiger partial charge >= 0.3 is 5.97 Å². The summed E-state index contributed by atoms with van der Waals surface area (Å²) in [6.45, 7) is 2.00. The highest BCUT2D eigenvalue weighted by atomic mass is 32.1. The van der Waals surface area contributed by atoms with E-state index in [0.29, 0.717) is 24.3 Å². The van der Waals surface area contributed by atoms with Crippen molar-refractivity contribution in [2.75, 3.05) is 13.2 Å². The van der Waals surface area contributed by atoms with Crippen LogP contribution in [0.4, 0.5) is 0 Å². The lowest BCUT2D eigenvalue weighted by molar-refractivity contribution is -0.143. The fourth-order valence-electron chi connectivity index (χ4n) is 2.61. The number of nitrogens with zero attached hydrogens (tertiary/aromatic N) is 1. The molecule has 3 rings (SSSR count). The van der Waals surface area contributed by atoms with E-state index in [9.17, 15) is 14.4 Å². The van der Waals surface area contributed by atoms with E-state index in [2.05, 4.69) is 0 Å². The molecule has 1 aliphatic rings. The quantitative estimate of drug-likeness (QED) is 0.801. The van der Waals surface area contributed by atoms with Gasteiger partial charge < -0.3 is 4.74 Å². The monoisotopic (exact) mass is 343 g/mol. The molecule has 0 radical (unpaired) electrons. The lowest BCUT2D eigenvalue weighted by Crippen LogP contribution is -2.35. The Bertz CT molecular complexity index is 779. The molecule has 0 saturated carbocycles. The van der Waals surface area contributed by atoms with Crippen molar-refractivity contribution in [3.05, 3.63) is 46.2 Å². The van der Waals surface area contributed by atoms with Gasteiger partial charge in [-0.05, 0) is 30.4 Å². The van der Waals surface area contributed by atoms with E-state index in [4.69, 9.17) is 4.74 Å². The van der Waals surface area contributed by atoms with Crippen molar-refractivity contribution in [1.82, 2.24) is 4.90 Å². The average Bonchev–Trinajstić information content (AvgIpc) is 3.22. The predicted molar refractivity (Wildman–Crippen MR) is 90.7 cm³/mol. The first kappa shape index (κ1) is 16.4. The van der Waals surface area contributed by atoms with Crippen LogP contribution in [0.15, 0.2) is 35.7 Å². The van der Waals surface area contributed by atoms with E-state index in [1.165, 1.54) is 11.3 Å². The number of esters is 1. The van der Waals surface area contributed by atoms with Gasteiger partial charge in [0.1, 0.15) is 4.88 Å². The first-order chi connectivity index (χ1) is 11.6. The molecule has 2 aromatic rings. The zero-order valence-electron chi connectivity index (χ0n) is 13.3. The number of rotatable bonds is 4. The summed E-state index contributed by atoms with van der Waals surface area (Å²) in [5.41, 5.74) is 2.85. The van der Waals surface area contributed by atoms with Crippen molar-refractivity contribution in [3.8, 4) is 11.1 Å². The third-order valence-electron chi connectivity index (χ3n) is 3.91. The van der Waals surface area contributed by atoms with E-state index in [0.717, 1.165) is 21.6 Å². The van der Waals surface area contributed by atoms with Crippen molar-refractivity contribution in [2.24, 2.45) is 0 Å². The molecule has 0 spiro atoms. The summed E-state index contributed by atoms with van der Waals surface area (Å²) in [4.78, 5) is 37.4. The molecule has 2 heterocycles. The summed E-state index contributed by atoms with van der Waals surface area (Å²) in [5.74, 6) is -1.20. The number of thiophene rings is 1. The Kier molecular flexibility index (Phi) is 4.76. The van der Waals surface area contributed by atoms with Crippen LogP contribution in [0.25, 0.3) is 11.1 Å². The molecular formula is C18H17NO4S. The molecule has 1 saturated heterocycles. The van der Waals surface area contributed by atoms with Crippen molar-refractivity contribution in [3.63, 3.8) is 0 Å². The number of carbonyl (C=O) groups is 3. The zero-order valence-corrected chi connectivity index (χ0v) is 14.1. The number of ether oxygens (including phenoxy) is 1. The van der Waals surface area contributed by atoms with Crippen LogP contribution >= 0.6 is 11.3 Å². The molecule has 1 aromatic carbocycles. The minimum Gasteiger partial charge on any atom is -0.451 e. The minimum absolute atomic E-state index is 0.201. The van der Waals surface area contributed by atoms with Crippen LogP contribution in [-0.4, -0.2) is 35.8 Å². The number of imide groups is 1. The second kappa shape index (κ2) is 6.97. The van der Waals surface area contributed by atoms with Gasteiger partial charge in [-0.15, -0.1) is 11.3 Å². The average molecular weight is 343 g/mol. The Morgan fingerprint density at radius 2 is 1.96 bits per heavy atom. The Balaban J connectivity index is 1.68. The van der Waals surface area contributed by atoms with E-state index in [1.54, 1.807) is 0 Å². The first-order valence-electron chi connectivity index (χ1n) is 7.71. The van der Waals surface area contributed by atoms with Crippen LogP contribution in [0, 0.1) is 6.92 Å². The summed E-state index contributed by atoms with van der Waals surface area (Å²) in [5, 5.41) is 1.82. The molecule has 0 unspecified atom stereocenters. The molecule has 1 aliphatic heterocycles. The highest BCUT2D eigenvalue weighted by molar-refractivity contribution is 7.12. The number of likely N-dealkylation sites (tertiary alicyclic amines) is 1. The number of hydrogen-bond donors (Lipinski definition) is 0. The van der Waals surface area contributed by atoms with Gasteiger partial charge in [-0.2, -0.15) is 0 Å². The van der Waals surface area contributed by atoms with Gasteiger partial charge in [0.15, 0.2) is 6.61 Å². The number of aryl methyl sites for hydroxylation is 1. The smallest absolute Gasteiger partial charge is 0.349 e. The van der Waals surface area contributed by atoms with E-state index < -0.39 is 18.5 Å². The molecule has 24 heavy (non-hydrogen) atoms. The maximum Gasteiger partial charge on any atom is 0.349 e. The molecule has 0 atom stereocenters. The molecule has 0 bridgehead atoms. The maximum absolute atomic E-state index is 12.3. The van der Waals surface area contributed by atoms with Crippen LogP contribution in [0.1, 0.15) is 28.1 Å². The Labute approximate surface area is 143 Å². The van der Waals surface area contributed by atoms with E-state index in [1.807, 2.05) is 42.6 Å². The molecular weight excluding hydrogens is 326 g/mol. The Morgan fingerprint density at radius 1 is 1.21 bits per heavy atom. The zero-order chi connectivity index (χ0) is 17.1. The molecule has 0 aliphatic carbocycles. The summed E-state index contributed by atoms with van der Waals surface area (Å²) < 4.78 is 5.12. The van der Waals surface area contributed by atoms with Gasteiger partial charge in [0.05, 0.1) is 0 Å². The highest BCUT2D eigenvalue weighted by Gasteiger charge is 2.27. The minimum atomic E-state index is -0.541. The predicted octanol–water partition coefficient (Wildman–Crippen LogP) is 3.03. The lowest BCUT2D eigenvalue weighted by Gasteiger charge is -2.13. The summed E-state index contributed by atoms with van der Waals surface area (Å²) in [6, 6.07) is 9.71. The Morgan fingerprint density at radius 3 is 2.62 bits per heavy atom. The van der Waals surface area contributed by atoms with Crippen molar-refractivity contribution in [1.29, 1.82) is 0 Å². The van der Waals surface area contributed by atoms with Crippen LogP contribution in [0.5, 0.6) is 0 Å². The summed E-state index contributed by atoms with van der Waals surface area (Å²) in [7, 11) is 0. The van der Waals surface area contributed by atoms with Gasteiger partial charge in [-0.1, -0.05) is 29.8 Å². The highest BCUT2D eigenvalue weighted by Crippen LogP contribution is 2.29. The molecule has 1 fully saturated rings. The lowest BCUT2D eigenvalue weighted by atomic mass is 10.1. The van der Waals surface area contributed by atoms with Gasteiger partial charge in [0, 0.05) is 18.5 Å². The molecule has 0 N–H and O–H groups in total. The van der Waals surface area contributed by atoms with Crippen molar-refractivity contribution < 1.29 is 19.1 Å². The second-order valence-corrected chi connectivity index (χ2v) is 6.56. The fraction of sp³-hybridized carbons (Fsp3) is 0.278. The molecule has 124 valence electrons. The summed E-state index contributed by atoms with van der Waals surface area (Å²) in [6.07, 6.45) is 1.04. The van der Waals surface area contributed by atoms with Crippen molar-refractivity contribution >= 4 is 29.1 Å². The van der Waals surface area contributed by atoms with Gasteiger partial charge in [0.2, 0.25) is 5.91 Å². The van der Waals surface area contributed by atoms with Crippen LogP contribution in [0.3, 0.4) is 0 Å². The maximum atomic E-state index is 12.3. The van der Waals surface area contributed by atoms with Gasteiger partial charge in [0.25, 0.3) is 5.91 Å². The summed E-state index contributed by atoms with van der Waals surface area (Å²) >= 11 is 1.27.